The van der Waals surface area contributed by atoms with Gasteiger partial charge in [-0.05, 0) is 32.1 Å². The molecular formula is C15H30N2O2. The molecule has 2 rings (SSSR count). The molecule has 2 atom stereocenters. The Balaban J connectivity index is 2.04. The van der Waals surface area contributed by atoms with Crippen molar-refractivity contribution in [2.75, 3.05) is 33.4 Å². The number of rotatable bonds is 8. The number of nitrogens with zero attached hydrogens (tertiary/aromatic N) is 1. The van der Waals surface area contributed by atoms with Gasteiger partial charge in [0, 0.05) is 38.4 Å². The Hall–Kier alpha value is -0.160. The molecule has 0 spiro atoms. The monoisotopic (exact) mass is 270 g/mol. The Morgan fingerprint density at radius 3 is 2.79 bits per heavy atom. The van der Waals surface area contributed by atoms with Gasteiger partial charge < -0.3 is 15.2 Å². The molecular weight excluding hydrogens is 240 g/mol. The summed E-state index contributed by atoms with van der Waals surface area (Å²) in [6, 6.07) is 0.735. The van der Waals surface area contributed by atoms with Gasteiger partial charge in [-0.1, -0.05) is 13.3 Å². The lowest BCUT2D eigenvalue weighted by atomic mass is 9.83. The van der Waals surface area contributed by atoms with E-state index in [-0.39, 0.29) is 5.54 Å². The highest BCUT2D eigenvalue weighted by Gasteiger charge is 2.46. The van der Waals surface area contributed by atoms with E-state index in [9.17, 15) is 0 Å². The SMILES string of the molecule is CCCC1CC(CN)(N(CCOC)C2CC2)CCO1. The van der Waals surface area contributed by atoms with E-state index in [1.54, 1.807) is 7.11 Å². The predicted molar refractivity (Wildman–Crippen MR) is 77.3 cm³/mol. The van der Waals surface area contributed by atoms with Crippen LogP contribution in [0.5, 0.6) is 0 Å². The molecule has 0 aromatic heterocycles. The minimum atomic E-state index is 0.151. The average Bonchev–Trinajstić information content (AvgIpc) is 3.24. The third kappa shape index (κ3) is 3.69. The van der Waals surface area contributed by atoms with E-state index < -0.39 is 0 Å². The van der Waals surface area contributed by atoms with Crippen LogP contribution in [0.25, 0.3) is 0 Å². The van der Waals surface area contributed by atoms with Gasteiger partial charge in [0.05, 0.1) is 12.7 Å². The highest BCUT2D eigenvalue weighted by molar-refractivity contribution is 5.02. The average molecular weight is 270 g/mol. The highest BCUT2D eigenvalue weighted by Crippen LogP contribution is 2.39. The molecule has 1 saturated carbocycles. The first-order valence-electron chi connectivity index (χ1n) is 7.83. The van der Waals surface area contributed by atoms with Crippen molar-refractivity contribution in [1.82, 2.24) is 4.90 Å². The van der Waals surface area contributed by atoms with E-state index in [1.807, 2.05) is 0 Å². The van der Waals surface area contributed by atoms with Crippen LogP contribution in [0.2, 0.25) is 0 Å². The smallest absolute Gasteiger partial charge is 0.0593 e. The number of nitrogens with two attached hydrogens (primary N) is 1. The fourth-order valence-corrected chi connectivity index (χ4v) is 3.45. The van der Waals surface area contributed by atoms with Gasteiger partial charge in [0.25, 0.3) is 0 Å². The first kappa shape index (κ1) is 15.2. The van der Waals surface area contributed by atoms with Gasteiger partial charge in [0.2, 0.25) is 0 Å². The van der Waals surface area contributed by atoms with Gasteiger partial charge >= 0.3 is 0 Å². The molecule has 4 heteroatoms. The van der Waals surface area contributed by atoms with Gasteiger partial charge in [-0.15, -0.1) is 0 Å². The largest absolute Gasteiger partial charge is 0.383 e. The van der Waals surface area contributed by atoms with Crippen LogP contribution in [-0.4, -0.2) is 56.0 Å². The number of hydrogen-bond acceptors (Lipinski definition) is 4. The lowest BCUT2D eigenvalue weighted by Crippen LogP contribution is -2.60. The van der Waals surface area contributed by atoms with Gasteiger partial charge in [0.1, 0.15) is 0 Å². The fourth-order valence-electron chi connectivity index (χ4n) is 3.45. The quantitative estimate of drug-likeness (QED) is 0.730. The second kappa shape index (κ2) is 7.02. The Morgan fingerprint density at radius 2 is 2.21 bits per heavy atom. The molecule has 0 radical (unpaired) electrons. The van der Waals surface area contributed by atoms with Crippen LogP contribution >= 0.6 is 0 Å². The molecule has 1 heterocycles. The molecule has 1 aliphatic carbocycles. The topological polar surface area (TPSA) is 47.7 Å². The van der Waals surface area contributed by atoms with Crippen molar-refractivity contribution in [2.24, 2.45) is 5.73 Å². The van der Waals surface area contributed by atoms with E-state index in [4.69, 9.17) is 15.2 Å². The summed E-state index contributed by atoms with van der Waals surface area (Å²) in [5.74, 6) is 0. The van der Waals surface area contributed by atoms with E-state index in [1.165, 1.54) is 19.3 Å². The molecule has 2 N–H and O–H groups in total. The van der Waals surface area contributed by atoms with Crippen molar-refractivity contribution < 1.29 is 9.47 Å². The van der Waals surface area contributed by atoms with Crippen LogP contribution in [0.3, 0.4) is 0 Å². The van der Waals surface area contributed by atoms with Crippen LogP contribution in [-0.2, 0) is 9.47 Å². The molecule has 4 nitrogen and oxygen atoms in total. The van der Waals surface area contributed by atoms with E-state index >= 15 is 0 Å². The molecule has 0 amide bonds. The molecule has 2 unspecified atom stereocenters. The Morgan fingerprint density at radius 1 is 1.42 bits per heavy atom. The fraction of sp³-hybridized carbons (Fsp3) is 1.00. The molecule has 0 aromatic rings. The molecule has 0 bridgehead atoms. The predicted octanol–water partition coefficient (Wildman–Crippen LogP) is 1.77. The maximum atomic E-state index is 6.20. The van der Waals surface area contributed by atoms with Crippen molar-refractivity contribution in [3.63, 3.8) is 0 Å². The van der Waals surface area contributed by atoms with Gasteiger partial charge in [-0.25, -0.2) is 0 Å². The van der Waals surface area contributed by atoms with Crippen LogP contribution < -0.4 is 5.73 Å². The van der Waals surface area contributed by atoms with Gasteiger partial charge in [-0.2, -0.15) is 0 Å². The van der Waals surface area contributed by atoms with Crippen LogP contribution in [0.4, 0.5) is 0 Å². The molecule has 1 aliphatic heterocycles. The lowest BCUT2D eigenvalue weighted by Gasteiger charge is -2.48. The second-order valence-corrected chi connectivity index (χ2v) is 6.08. The van der Waals surface area contributed by atoms with E-state index in [2.05, 4.69) is 11.8 Å². The Kier molecular flexibility index (Phi) is 5.63. The molecule has 2 aliphatic rings. The van der Waals surface area contributed by atoms with Crippen LogP contribution in [0.1, 0.15) is 45.4 Å². The van der Waals surface area contributed by atoms with Crippen LogP contribution in [0, 0.1) is 0 Å². The van der Waals surface area contributed by atoms with Crippen molar-refractivity contribution >= 4 is 0 Å². The van der Waals surface area contributed by atoms with Crippen LogP contribution in [0.15, 0.2) is 0 Å². The van der Waals surface area contributed by atoms with E-state index in [0.29, 0.717) is 6.10 Å². The zero-order valence-corrected chi connectivity index (χ0v) is 12.6. The van der Waals surface area contributed by atoms with Gasteiger partial charge in [0.15, 0.2) is 0 Å². The maximum Gasteiger partial charge on any atom is 0.0593 e. The highest BCUT2D eigenvalue weighted by atomic mass is 16.5. The van der Waals surface area contributed by atoms with Crippen molar-refractivity contribution in [1.29, 1.82) is 0 Å². The summed E-state index contributed by atoms with van der Waals surface area (Å²) in [4.78, 5) is 2.64. The molecule has 19 heavy (non-hydrogen) atoms. The van der Waals surface area contributed by atoms with Crippen molar-refractivity contribution in [2.45, 2.75) is 63.1 Å². The number of methoxy groups -OCH3 is 1. The Bertz CT molecular complexity index is 269. The Labute approximate surface area is 117 Å². The van der Waals surface area contributed by atoms with Crippen molar-refractivity contribution in [3.8, 4) is 0 Å². The minimum Gasteiger partial charge on any atom is -0.383 e. The molecule has 1 saturated heterocycles. The maximum absolute atomic E-state index is 6.20. The summed E-state index contributed by atoms with van der Waals surface area (Å²) in [6.45, 7) is 5.65. The number of ether oxygens (including phenoxy) is 2. The molecule has 0 aromatic carbocycles. The third-order valence-corrected chi connectivity index (χ3v) is 4.65. The standard InChI is InChI=1S/C15H30N2O2/c1-3-4-14-11-15(12-16,7-9-19-14)17(8-10-18-2)13-5-6-13/h13-14H,3-12,16H2,1-2H3. The number of hydrogen-bond donors (Lipinski definition) is 1. The third-order valence-electron chi connectivity index (χ3n) is 4.65. The molecule has 2 fully saturated rings. The van der Waals surface area contributed by atoms with Gasteiger partial charge in [-0.3, -0.25) is 4.90 Å². The zero-order valence-electron chi connectivity index (χ0n) is 12.6. The van der Waals surface area contributed by atoms with Crippen molar-refractivity contribution in [3.05, 3.63) is 0 Å². The summed E-state index contributed by atoms with van der Waals surface area (Å²) in [6.07, 6.45) is 7.56. The summed E-state index contributed by atoms with van der Waals surface area (Å²) in [5, 5.41) is 0. The zero-order chi connectivity index (χ0) is 13.7. The van der Waals surface area contributed by atoms with E-state index in [0.717, 1.165) is 51.6 Å². The normalized spacial score (nSPS) is 31.9. The summed E-state index contributed by atoms with van der Waals surface area (Å²) >= 11 is 0. The first-order chi connectivity index (χ1) is 9.25. The molecule has 112 valence electrons. The second-order valence-electron chi connectivity index (χ2n) is 6.08. The first-order valence-corrected chi connectivity index (χ1v) is 7.83. The minimum absolute atomic E-state index is 0.151. The summed E-state index contributed by atoms with van der Waals surface area (Å²) in [7, 11) is 1.78. The lowest BCUT2D eigenvalue weighted by molar-refractivity contribution is -0.0806. The summed E-state index contributed by atoms with van der Waals surface area (Å²) < 4.78 is 11.2. The summed E-state index contributed by atoms with van der Waals surface area (Å²) in [5.41, 5.74) is 6.35.